The molecule has 4 heterocycles. The van der Waals surface area contributed by atoms with E-state index >= 15 is 0 Å². The van der Waals surface area contributed by atoms with E-state index in [-0.39, 0.29) is 5.82 Å². The van der Waals surface area contributed by atoms with Gasteiger partial charge in [0.1, 0.15) is 11.6 Å². The van der Waals surface area contributed by atoms with Crippen LogP contribution in [0.3, 0.4) is 0 Å². The Bertz CT molecular complexity index is 681. The molecule has 2 aromatic rings. The molecule has 25 heavy (non-hydrogen) atoms. The Labute approximate surface area is 146 Å². The summed E-state index contributed by atoms with van der Waals surface area (Å²) >= 11 is 0. The molecule has 2 aromatic heterocycles. The molecule has 8 heteroatoms. The van der Waals surface area contributed by atoms with Crippen LogP contribution in [0.2, 0.25) is 0 Å². The van der Waals surface area contributed by atoms with Gasteiger partial charge in [0, 0.05) is 39.3 Å². The largest absolute Gasteiger partial charge is 0.378 e. The lowest BCUT2D eigenvalue weighted by atomic mass is 10.3. The molecule has 0 bridgehead atoms. The Morgan fingerprint density at radius 2 is 1.24 bits per heavy atom. The zero-order valence-electron chi connectivity index (χ0n) is 14.0. The van der Waals surface area contributed by atoms with Crippen LogP contribution in [-0.4, -0.2) is 67.7 Å². The lowest BCUT2D eigenvalue weighted by Gasteiger charge is -2.36. The van der Waals surface area contributed by atoms with Gasteiger partial charge in [0.2, 0.25) is 0 Å². The number of hydrogen-bond acceptors (Lipinski definition) is 7. The first-order chi connectivity index (χ1) is 12.3. The molecule has 0 aromatic carbocycles. The molecule has 0 aliphatic carbocycles. The third-order valence-electron chi connectivity index (χ3n) is 4.61. The summed E-state index contributed by atoms with van der Waals surface area (Å²) in [7, 11) is 0. The van der Waals surface area contributed by atoms with Gasteiger partial charge in [-0.2, -0.15) is 0 Å². The van der Waals surface area contributed by atoms with Gasteiger partial charge >= 0.3 is 0 Å². The second-order valence-electron chi connectivity index (χ2n) is 6.16. The van der Waals surface area contributed by atoms with Crippen LogP contribution in [0.5, 0.6) is 0 Å². The van der Waals surface area contributed by atoms with Crippen LogP contribution >= 0.6 is 0 Å². The number of morpholine rings is 1. The normalized spacial score (nSPS) is 18.5. The van der Waals surface area contributed by atoms with Crippen LogP contribution in [-0.2, 0) is 4.74 Å². The highest BCUT2D eigenvalue weighted by Crippen LogP contribution is 2.19. The van der Waals surface area contributed by atoms with Crippen molar-refractivity contribution in [3.05, 3.63) is 36.3 Å². The molecule has 0 amide bonds. The van der Waals surface area contributed by atoms with E-state index in [2.05, 4.69) is 29.9 Å². The van der Waals surface area contributed by atoms with Gasteiger partial charge in [0.15, 0.2) is 11.6 Å². The lowest BCUT2D eigenvalue weighted by molar-refractivity contribution is 0.122. The van der Waals surface area contributed by atoms with Crippen molar-refractivity contribution in [1.82, 2.24) is 15.2 Å². The highest BCUT2D eigenvalue weighted by molar-refractivity contribution is 5.47. The Morgan fingerprint density at radius 1 is 0.720 bits per heavy atom. The SMILES string of the molecule is Fc1ccc(N2CCN(c3ccc(N4CCOCC4)nn3)CC2)nc1. The number of hydrogen-bond donors (Lipinski definition) is 0. The Kier molecular flexibility index (Phi) is 4.60. The molecule has 0 unspecified atom stereocenters. The number of anilines is 3. The molecule has 2 aliphatic rings. The van der Waals surface area contributed by atoms with Crippen LogP contribution < -0.4 is 14.7 Å². The van der Waals surface area contributed by atoms with E-state index in [0.717, 1.165) is 69.9 Å². The summed E-state index contributed by atoms with van der Waals surface area (Å²) in [6.07, 6.45) is 1.26. The average molecular weight is 344 g/mol. The van der Waals surface area contributed by atoms with E-state index in [1.807, 2.05) is 12.1 Å². The van der Waals surface area contributed by atoms with Gasteiger partial charge < -0.3 is 19.4 Å². The van der Waals surface area contributed by atoms with Crippen LogP contribution in [0.1, 0.15) is 0 Å². The number of pyridine rings is 1. The minimum Gasteiger partial charge on any atom is -0.378 e. The summed E-state index contributed by atoms with van der Waals surface area (Å²) in [4.78, 5) is 10.7. The zero-order chi connectivity index (χ0) is 17.1. The highest BCUT2D eigenvalue weighted by Gasteiger charge is 2.20. The summed E-state index contributed by atoms with van der Waals surface area (Å²) in [5.41, 5.74) is 0. The van der Waals surface area contributed by atoms with Crippen molar-refractivity contribution in [2.24, 2.45) is 0 Å². The second-order valence-corrected chi connectivity index (χ2v) is 6.16. The van der Waals surface area contributed by atoms with Gasteiger partial charge in [0.25, 0.3) is 0 Å². The first-order valence-corrected chi connectivity index (χ1v) is 8.57. The maximum atomic E-state index is 13.0. The topological polar surface area (TPSA) is 57.6 Å². The van der Waals surface area contributed by atoms with E-state index in [9.17, 15) is 4.39 Å². The van der Waals surface area contributed by atoms with Crippen LogP contribution in [0, 0.1) is 5.82 Å². The highest BCUT2D eigenvalue weighted by atomic mass is 19.1. The Balaban J connectivity index is 1.36. The fourth-order valence-electron chi connectivity index (χ4n) is 3.17. The van der Waals surface area contributed by atoms with E-state index in [0.29, 0.717) is 0 Å². The molecule has 0 N–H and O–H groups in total. The Hall–Kier alpha value is -2.48. The third kappa shape index (κ3) is 3.63. The number of aromatic nitrogens is 3. The van der Waals surface area contributed by atoms with Gasteiger partial charge in [-0.15, -0.1) is 10.2 Å². The predicted molar refractivity (Wildman–Crippen MR) is 93.7 cm³/mol. The van der Waals surface area contributed by atoms with E-state index in [1.54, 1.807) is 6.07 Å². The minimum atomic E-state index is -0.307. The molecule has 2 aliphatic heterocycles. The summed E-state index contributed by atoms with van der Waals surface area (Å²) < 4.78 is 18.4. The fourth-order valence-corrected chi connectivity index (χ4v) is 3.17. The molecule has 132 valence electrons. The number of piperazine rings is 1. The first-order valence-electron chi connectivity index (χ1n) is 8.57. The van der Waals surface area contributed by atoms with Crippen LogP contribution in [0.4, 0.5) is 21.8 Å². The summed E-state index contributed by atoms with van der Waals surface area (Å²) in [5.74, 6) is 2.30. The van der Waals surface area contributed by atoms with Crippen LogP contribution in [0.15, 0.2) is 30.5 Å². The van der Waals surface area contributed by atoms with Gasteiger partial charge in [0.05, 0.1) is 19.4 Å². The van der Waals surface area contributed by atoms with Gasteiger partial charge in [-0.05, 0) is 24.3 Å². The molecule has 0 saturated carbocycles. The van der Waals surface area contributed by atoms with Crippen molar-refractivity contribution in [2.75, 3.05) is 67.2 Å². The van der Waals surface area contributed by atoms with Gasteiger partial charge in [-0.1, -0.05) is 0 Å². The zero-order valence-corrected chi connectivity index (χ0v) is 14.0. The maximum Gasteiger partial charge on any atom is 0.151 e. The molecular weight excluding hydrogens is 323 g/mol. The maximum absolute atomic E-state index is 13.0. The number of nitrogens with zero attached hydrogens (tertiary/aromatic N) is 6. The number of halogens is 1. The molecule has 2 saturated heterocycles. The fraction of sp³-hybridized carbons (Fsp3) is 0.471. The summed E-state index contributed by atoms with van der Waals surface area (Å²) in [5, 5.41) is 8.77. The summed E-state index contributed by atoms with van der Waals surface area (Å²) in [6.45, 7) is 6.52. The van der Waals surface area contributed by atoms with Crippen molar-refractivity contribution in [3.63, 3.8) is 0 Å². The number of ether oxygens (including phenoxy) is 1. The molecular formula is C17H21FN6O. The molecule has 0 spiro atoms. The monoisotopic (exact) mass is 344 g/mol. The van der Waals surface area contributed by atoms with E-state index in [4.69, 9.17) is 4.74 Å². The van der Waals surface area contributed by atoms with Crippen molar-refractivity contribution in [3.8, 4) is 0 Å². The first kappa shape index (κ1) is 16.0. The van der Waals surface area contributed by atoms with E-state index in [1.165, 1.54) is 12.3 Å². The summed E-state index contributed by atoms with van der Waals surface area (Å²) in [6, 6.07) is 7.23. The number of rotatable bonds is 3. The van der Waals surface area contributed by atoms with Crippen molar-refractivity contribution in [2.45, 2.75) is 0 Å². The Morgan fingerprint density at radius 3 is 1.76 bits per heavy atom. The molecule has 7 nitrogen and oxygen atoms in total. The molecule has 0 radical (unpaired) electrons. The molecule has 0 atom stereocenters. The molecule has 2 fully saturated rings. The lowest BCUT2D eigenvalue weighted by Crippen LogP contribution is -2.47. The van der Waals surface area contributed by atoms with Crippen molar-refractivity contribution in [1.29, 1.82) is 0 Å². The van der Waals surface area contributed by atoms with E-state index < -0.39 is 0 Å². The minimum absolute atomic E-state index is 0.307. The average Bonchev–Trinajstić information content (AvgIpc) is 2.70. The quantitative estimate of drug-likeness (QED) is 0.828. The van der Waals surface area contributed by atoms with Gasteiger partial charge in [-0.25, -0.2) is 9.37 Å². The van der Waals surface area contributed by atoms with Crippen LogP contribution in [0.25, 0.3) is 0 Å². The molecule has 4 rings (SSSR count). The van der Waals surface area contributed by atoms with Gasteiger partial charge in [-0.3, -0.25) is 0 Å². The predicted octanol–water partition coefficient (Wildman–Crippen LogP) is 1.17. The third-order valence-corrected chi connectivity index (χ3v) is 4.61. The smallest absolute Gasteiger partial charge is 0.151 e. The standard InChI is InChI=1S/C17H21FN6O/c18-14-1-2-15(19-13-14)22-5-7-23(8-6-22)16-3-4-17(21-20-16)24-9-11-25-12-10-24/h1-4,13H,5-12H2. The second kappa shape index (κ2) is 7.18. The van der Waals surface area contributed by atoms with Crippen molar-refractivity contribution < 1.29 is 9.13 Å². The van der Waals surface area contributed by atoms with Crippen molar-refractivity contribution >= 4 is 17.5 Å².